The molecule has 0 radical (unpaired) electrons. The van der Waals surface area contributed by atoms with Crippen molar-refractivity contribution in [2.75, 3.05) is 0 Å². The molecular weight excluding hydrogens is 192 g/mol. The molecule has 3 heteroatoms. The lowest BCUT2D eigenvalue weighted by Gasteiger charge is -2.13. The standard InChI is InChI=1S/C11H16N2S/c1-8(13-9(2)7-12)6-11-5-4-10(3)14-11/h4-5,8-9,13H,6H2,1-3H3. The lowest BCUT2D eigenvalue weighted by molar-refractivity contribution is 0.522. The van der Waals surface area contributed by atoms with E-state index in [0.717, 1.165) is 6.42 Å². The first kappa shape index (κ1) is 11.2. The maximum Gasteiger partial charge on any atom is 0.0926 e. The van der Waals surface area contributed by atoms with Crippen molar-refractivity contribution in [2.24, 2.45) is 0 Å². The predicted molar refractivity (Wildman–Crippen MR) is 60.4 cm³/mol. The molecule has 14 heavy (non-hydrogen) atoms. The Bertz CT molecular complexity index is 324. The van der Waals surface area contributed by atoms with Crippen molar-refractivity contribution in [3.8, 4) is 6.07 Å². The van der Waals surface area contributed by atoms with Gasteiger partial charge in [-0.25, -0.2) is 0 Å². The van der Waals surface area contributed by atoms with Gasteiger partial charge in [-0.1, -0.05) is 0 Å². The fraction of sp³-hybridized carbons (Fsp3) is 0.545. The average molecular weight is 208 g/mol. The smallest absolute Gasteiger partial charge is 0.0926 e. The maximum atomic E-state index is 8.64. The third-order valence-electron chi connectivity index (χ3n) is 2.03. The van der Waals surface area contributed by atoms with Crippen LogP contribution in [0.2, 0.25) is 0 Å². The van der Waals surface area contributed by atoms with Crippen LogP contribution in [0.25, 0.3) is 0 Å². The van der Waals surface area contributed by atoms with Gasteiger partial charge >= 0.3 is 0 Å². The maximum absolute atomic E-state index is 8.64. The molecule has 1 aromatic heterocycles. The molecule has 0 saturated heterocycles. The fourth-order valence-electron chi connectivity index (χ4n) is 1.42. The number of aryl methyl sites for hydroxylation is 1. The van der Waals surface area contributed by atoms with E-state index in [1.54, 1.807) is 0 Å². The number of hydrogen-bond acceptors (Lipinski definition) is 3. The van der Waals surface area contributed by atoms with Gasteiger partial charge in [0.25, 0.3) is 0 Å². The molecule has 0 aromatic carbocycles. The third kappa shape index (κ3) is 3.49. The van der Waals surface area contributed by atoms with Crippen molar-refractivity contribution in [3.05, 3.63) is 21.9 Å². The van der Waals surface area contributed by atoms with E-state index in [4.69, 9.17) is 5.26 Å². The van der Waals surface area contributed by atoms with E-state index in [9.17, 15) is 0 Å². The molecule has 0 fully saturated rings. The van der Waals surface area contributed by atoms with Gasteiger partial charge in [-0.3, -0.25) is 5.32 Å². The number of rotatable bonds is 4. The molecule has 0 saturated carbocycles. The Morgan fingerprint density at radius 3 is 2.71 bits per heavy atom. The molecule has 1 aromatic rings. The Labute approximate surface area is 89.6 Å². The molecule has 0 bridgehead atoms. The van der Waals surface area contributed by atoms with Gasteiger partial charge in [0.05, 0.1) is 12.1 Å². The molecule has 2 unspecified atom stereocenters. The molecule has 0 spiro atoms. The quantitative estimate of drug-likeness (QED) is 0.825. The second-order valence-electron chi connectivity index (χ2n) is 3.63. The highest BCUT2D eigenvalue weighted by atomic mass is 32.1. The van der Waals surface area contributed by atoms with Gasteiger partial charge in [-0.05, 0) is 39.3 Å². The second-order valence-corrected chi connectivity index (χ2v) is 5.01. The first-order chi connectivity index (χ1) is 6.61. The first-order valence-corrected chi connectivity index (χ1v) is 5.64. The third-order valence-corrected chi connectivity index (χ3v) is 3.05. The van der Waals surface area contributed by atoms with Crippen LogP contribution in [0.4, 0.5) is 0 Å². The molecule has 1 rings (SSSR count). The van der Waals surface area contributed by atoms with Gasteiger partial charge in [0.1, 0.15) is 0 Å². The molecule has 76 valence electrons. The summed E-state index contributed by atoms with van der Waals surface area (Å²) in [5.41, 5.74) is 0. The minimum atomic E-state index is -0.0638. The van der Waals surface area contributed by atoms with Crippen LogP contribution in [0.1, 0.15) is 23.6 Å². The number of hydrogen-bond donors (Lipinski definition) is 1. The Kier molecular flexibility index (Phi) is 4.12. The predicted octanol–water partition coefficient (Wildman–Crippen LogP) is 2.49. The van der Waals surface area contributed by atoms with E-state index >= 15 is 0 Å². The van der Waals surface area contributed by atoms with Crippen molar-refractivity contribution in [3.63, 3.8) is 0 Å². The Hall–Kier alpha value is -0.850. The lowest BCUT2D eigenvalue weighted by atomic mass is 10.2. The van der Waals surface area contributed by atoms with E-state index < -0.39 is 0 Å². The van der Waals surface area contributed by atoms with Crippen molar-refractivity contribution >= 4 is 11.3 Å². The molecule has 1 N–H and O–H groups in total. The minimum Gasteiger partial charge on any atom is -0.299 e. The van der Waals surface area contributed by atoms with Crippen molar-refractivity contribution in [1.29, 1.82) is 5.26 Å². The van der Waals surface area contributed by atoms with Gasteiger partial charge in [0.2, 0.25) is 0 Å². The van der Waals surface area contributed by atoms with Crippen LogP contribution < -0.4 is 5.32 Å². The summed E-state index contributed by atoms with van der Waals surface area (Å²) in [5, 5.41) is 11.9. The molecule has 2 nitrogen and oxygen atoms in total. The summed E-state index contributed by atoms with van der Waals surface area (Å²) in [6, 6.07) is 6.78. The number of thiophene rings is 1. The van der Waals surface area contributed by atoms with Crippen LogP contribution in [-0.4, -0.2) is 12.1 Å². The summed E-state index contributed by atoms with van der Waals surface area (Å²) < 4.78 is 0. The summed E-state index contributed by atoms with van der Waals surface area (Å²) in [4.78, 5) is 2.73. The van der Waals surface area contributed by atoms with Crippen molar-refractivity contribution < 1.29 is 0 Å². The summed E-state index contributed by atoms with van der Waals surface area (Å²) in [7, 11) is 0. The summed E-state index contributed by atoms with van der Waals surface area (Å²) in [6.45, 7) is 6.11. The summed E-state index contributed by atoms with van der Waals surface area (Å²) in [6.07, 6.45) is 1.00. The molecule has 1 heterocycles. The zero-order valence-electron chi connectivity index (χ0n) is 8.87. The summed E-state index contributed by atoms with van der Waals surface area (Å²) in [5.74, 6) is 0. The van der Waals surface area contributed by atoms with E-state index in [1.165, 1.54) is 9.75 Å². The Balaban J connectivity index is 2.42. The van der Waals surface area contributed by atoms with E-state index in [-0.39, 0.29) is 6.04 Å². The van der Waals surface area contributed by atoms with E-state index in [2.05, 4.69) is 37.4 Å². The first-order valence-electron chi connectivity index (χ1n) is 4.83. The SMILES string of the molecule is Cc1ccc(CC(C)NC(C)C#N)s1. The zero-order valence-corrected chi connectivity index (χ0v) is 9.69. The monoisotopic (exact) mass is 208 g/mol. The minimum absolute atomic E-state index is 0.0638. The normalized spacial score (nSPS) is 14.7. The van der Waals surface area contributed by atoms with Gasteiger partial charge in [-0.15, -0.1) is 11.3 Å². The van der Waals surface area contributed by atoms with Crippen LogP contribution in [-0.2, 0) is 6.42 Å². The molecule has 0 aliphatic carbocycles. The van der Waals surface area contributed by atoms with Crippen LogP contribution in [0, 0.1) is 18.3 Å². The highest BCUT2D eigenvalue weighted by molar-refractivity contribution is 7.11. The Morgan fingerprint density at radius 1 is 1.50 bits per heavy atom. The van der Waals surface area contributed by atoms with Crippen molar-refractivity contribution in [1.82, 2.24) is 5.32 Å². The molecule has 0 aliphatic rings. The topological polar surface area (TPSA) is 35.8 Å². The number of nitriles is 1. The molecule has 2 atom stereocenters. The largest absolute Gasteiger partial charge is 0.299 e. The van der Waals surface area contributed by atoms with Gasteiger partial charge in [0, 0.05) is 15.8 Å². The van der Waals surface area contributed by atoms with Crippen LogP contribution in [0.15, 0.2) is 12.1 Å². The fourth-order valence-corrected chi connectivity index (χ4v) is 2.44. The van der Waals surface area contributed by atoms with Gasteiger partial charge in [0.15, 0.2) is 0 Å². The van der Waals surface area contributed by atoms with Gasteiger partial charge < -0.3 is 0 Å². The van der Waals surface area contributed by atoms with E-state index in [1.807, 2.05) is 18.3 Å². The number of nitrogens with one attached hydrogen (secondary N) is 1. The zero-order chi connectivity index (χ0) is 10.6. The van der Waals surface area contributed by atoms with Gasteiger partial charge in [-0.2, -0.15) is 5.26 Å². The molecule has 0 aliphatic heterocycles. The second kappa shape index (κ2) is 5.14. The average Bonchev–Trinajstić information content (AvgIpc) is 2.50. The Morgan fingerprint density at radius 2 is 2.21 bits per heavy atom. The van der Waals surface area contributed by atoms with Crippen molar-refractivity contribution in [2.45, 2.75) is 39.3 Å². The number of nitrogens with zero attached hydrogens (tertiary/aromatic N) is 1. The lowest BCUT2D eigenvalue weighted by Crippen LogP contribution is -2.34. The molecular formula is C11H16N2S. The van der Waals surface area contributed by atoms with Crippen LogP contribution >= 0.6 is 11.3 Å². The molecule has 0 amide bonds. The van der Waals surface area contributed by atoms with Crippen LogP contribution in [0.3, 0.4) is 0 Å². The summed E-state index contributed by atoms with van der Waals surface area (Å²) >= 11 is 1.83. The highest BCUT2D eigenvalue weighted by Crippen LogP contribution is 2.16. The van der Waals surface area contributed by atoms with E-state index in [0.29, 0.717) is 6.04 Å². The van der Waals surface area contributed by atoms with Crippen LogP contribution in [0.5, 0.6) is 0 Å². The highest BCUT2D eigenvalue weighted by Gasteiger charge is 2.07.